The first-order chi connectivity index (χ1) is 11.0. The molecule has 0 unspecified atom stereocenters. The molecule has 6 heteroatoms. The lowest BCUT2D eigenvalue weighted by atomic mass is 10.1. The molecule has 0 saturated heterocycles. The first kappa shape index (κ1) is 17.0. The van der Waals surface area contributed by atoms with Crippen molar-refractivity contribution in [2.45, 2.75) is 13.3 Å². The number of benzene rings is 2. The maximum Gasteiger partial charge on any atom is 0.337 e. The summed E-state index contributed by atoms with van der Waals surface area (Å²) in [5.41, 5.74) is 0.695. The summed E-state index contributed by atoms with van der Waals surface area (Å²) in [6.45, 7) is 2.63. The molecule has 0 aliphatic rings. The number of hydrogen-bond acceptors (Lipinski definition) is 3. The Bertz CT molecular complexity index is 713. The number of amides is 1. The molecule has 0 radical (unpaired) electrons. The van der Waals surface area contributed by atoms with Crippen LogP contribution in [-0.2, 0) is 0 Å². The van der Waals surface area contributed by atoms with E-state index in [-0.39, 0.29) is 17.2 Å². The minimum atomic E-state index is -1.11. The van der Waals surface area contributed by atoms with Gasteiger partial charge in [-0.2, -0.15) is 0 Å². The number of ether oxygens (including phenoxy) is 1. The maximum absolute atomic E-state index is 12.2. The number of rotatable bonds is 6. The van der Waals surface area contributed by atoms with Gasteiger partial charge < -0.3 is 15.2 Å². The van der Waals surface area contributed by atoms with Crippen molar-refractivity contribution in [3.05, 3.63) is 58.1 Å². The van der Waals surface area contributed by atoms with Gasteiger partial charge in [-0.3, -0.25) is 4.79 Å². The number of halogens is 1. The summed E-state index contributed by atoms with van der Waals surface area (Å²) in [5.74, 6) is -0.792. The fourth-order valence-corrected chi connectivity index (χ4v) is 2.28. The van der Waals surface area contributed by atoms with Crippen molar-refractivity contribution in [3.8, 4) is 5.75 Å². The van der Waals surface area contributed by atoms with Crippen LogP contribution in [0.2, 0.25) is 0 Å². The third-order valence-corrected chi connectivity index (χ3v) is 3.54. The van der Waals surface area contributed by atoms with Crippen LogP contribution >= 0.6 is 15.9 Å². The standard InChI is InChI=1S/C17H16BrNO4/c1-2-9-23-13-6-3-11(4-7-13)16(20)19-15-8-5-12(18)10-14(15)17(21)22/h3-8,10H,2,9H2,1H3,(H,19,20)(H,21,22). The van der Waals surface area contributed by atoms with Gasteiger partial charge in [0, 0.05) is 10.0 Å². The molecular formula is C17H16BrNO4. The van der Waals surface area contributed by atoms with Crippen LogP contribution in [0.4, 0.5) is 5.69 Å². The van der Waals surface area contributed by atoms with Crippen molar-refractivity contribution in [1.82, 2.24) is 0 Å². The van der Waals surface area contributed by atoms with Gasteiger partial charge in [0.15, 0.2) is 0 Å². The van der Waals surface area contributed by atoms with E-state index in [1.807, 2.05) is 6.92 Å². The van der Waals surface area contributed by atoms with Gasteiger partial charge in [-0.05, 0) is 48.9 Å². The zero-order valence-electron chi connectivity index (χ0n) is 12.5. The summed E-state index contributed by atoms with van der Waals surface area (Å²) >= 11 is 3.21. The van der Waals surface area contributed by atoms with Crippen LogP contribution in [0.1, 0.15) is 34.1 Å². The number of nitrogens with one attached hydrogen (secondary N) is 1. The van der Waals surface area contributed by atoms with E-state index in [1.54, 1.807) is 36.4 Å². The van der Waals surface area contributed by atoms with Gasteiger partial charge in [-0.15, -0.1) is 0 Å². The molecule has 120 valence electrons. The SMILES string of the molecule is CCCOc1ccc(C(=O)Nc2ccc(Br)cc2C(=O)O)cc1. The second kappa shape index (κ2) is 7.78. The molecule has 0 spiro atoms. The number of carboxylic acid groups (broad SMARTS) is 1. The van der Waals surface area contributed by atoms with E-state index in [2.05, 4.69) is 21.2 Å². The molecule has 0 atom stereocenters. The maximum atomic E-state index is 12.2. The smallest absolute Gasteiger partial charge is 0.337 e. The number of carbonyl (C=O) groups excluding carboxylic acids is 1. The lowest BCUT2D eigenvalue weighted by molar-refractivity contribution is 0.0698. The van der Waals surface area contributed by atoms with Crippen molar-refractivity contribution in [2.24, 2.45) is 0 Å². The van der Waals surface area contributed by atoms with Crippen molar-refractivity contribution in [2.75, 3.05) is 11.9 Å². The van der Waals surface area contributed by atoms with Crippen LogP contribution < -0.4 is 10.1 Å². The molecule has 0 heterocycles. The molecule has 0 aromatic heterocycles. The molecule has 5 nitrogen and oxygen atoms in total. The van der Waals surface area contributed by atoms with E-state index >= 15 is 0 Å². The zero-order valence-corrected chi connectivity index (χ0v) is 14.1. The number of aromatic carboxylic acids is 1. The Hall–Kier alpha value is -2.34. The van der Waals surface area contributed by atoms with E-state index in [9.17, 15) is 14.7 Å². The number of hydrogen-bond donors (Lipinski definition) is 2. The highest BCUT2D eigenvalue weighted by Crippen LogP contribution is 2.22. The molecular weight excluding hydrogens is 362 g/mol. The largest absolute Gasteiger partial charge is 0.494 e. The average Bonchev–Trinajstić information content (AvgIpc) is 2.54. The quantitative estimate of drug-likeness (QED) is 0.791. The average molecular weight is 378 g/mol. The van der Waals surface area contributed by atoms with E-state index in [0.717, 1.165) is 6.42 Å². The predicted molar refractivity (Wildman–Crippen MR) is 91.3 cm³/mol. The van der Waals surface area contributed by atoms with Crippen LogP contribution in [-0.4, -0.2) is 23.6 Å². The second-order valence-corrected chi connectivity index (χ2v) is 5.74. The Morgan fingerprint density at radius 3 is 2.48 bits per heavy atom. The van der Waals surface area contributed by atoms with Gasteiger partial charge in [0.05, 0.1) is 17.9 Å². The van der Waals surface area contributed by atoms with Gasteiger partial charge in [-0.1, -0.05) is 22.9 Å². The van der Waals surface area contributed by atoms with Gasteiger partial charge in [0.2, 0.25) is 0 Å². The number of anilines is 1. The Morgan fingerprint density at radius 2 is 1.87 bits per heavy atom. The highest BCUT2D eigenvalue weighted by atomic mass is 79.9. The molecule has 0 fully saturated rings. The van der Waals surface area contributed by atoms with E-state index < -0.39 is 5.97 Å². The van der Waals surface area contributed by atoms with Gasteiger partial charge in [0.25, 0.3) is 5.91 Å². The van der Waals surface area contributed by atoms with Gasteiger partial charge in [0.1, 0.15) is 5.75 Å². The van der Waals surface area contributed by atoms with Crippen LogP contribution in [0.25, 0.3) is 0 Å². The van der Waals surface area contributed by atoms with E-state index in [0.29, 0.717) is 22.4 Å². The molecule has 2 aromatic carbocycles. The summed E-state index contributed by atoms with van der Waals surface area (Å²) in [6.07, 6.45) is 0.907. The highest BCUT2D eigenvalue weighted by Gasteiger charge is 2.14. The minimum Gasteiger partial charge on any atom is -0.494 e. The molecule has 2 aromatic rings. The first-order valence-corrected chi connectivity index (χ1v) is 7.87. The van der Waals surface area contributed by atoms with Crippen LogP contribution in [0.5, 0.6) is 5.75 Å². The summed E-state index contributed by atoms with van der Waals surface area (Å²) in [6, 6.07) is 11.4. The minimum absolute atomic E-state index is 0.0237. The molecule has 0 saturated carbocycles. The lowest BCUT2D eigenvalue weighted by Crippen LogP contribution is -2.14. The Morgan fingerprint density at radius 1 is 1.17 bits per heavy atom. The summed E-state index contributed by atoms with van der Waals surface area (Å²) in [5, 5.41) is 11.8. The third-order valence-electron chi connectivity index (χ3n) is 3.05. The lowest BCUT2D eigenvalue weighted by Gasteiger charge is -2.10. The summed E-state index contributed by atoms with van der Waals surface area (Å²) in [4.78, 5) is 23.5. The third kappa shape index (κ3) is 4.56. The number of carboxylic acids is 1. The van der Waals surface area contributed by atoms with Crippen molar-refractivity contribution < 1.29 is 19.4 Å². The van der Waals surface area contributed by atoms with Crippen LogP contribution in [0, 0.1) is 0 Å². The van der Waals surface area contributed by atoms with Crippen molar-refractivity contribution in [3.63, 3.8) is 0 Å². The molecule has 0 aliphatic carbocycles. The molecule has 2 N–H and O–H groups in total. The highest BCUT2D eigenvalue weighted by molar-refractivity contribution is 9.10. The molecule has 23 heavy (non-hydrogen) atoms. The fourth-order valence-electron chi connectivity index (χ4n) is 1.92. The fraction of sp³-hybridized carbons (Fsp3) is 0.176. The summed E-state index contributed by atoms with van der Waals surface area (Å²) < 4.78 is 6.09. The normalized spacial score (nSPS) is 10.2. The first-order valence-electron chi connectivity index (χ1n) is 7.08. The summed E-state index contributed by atoms with van der Waals surface area (Å²) in [7, 11) is 0. The molecule has 0 bridgehead atoms. The van der Waals surface area contributed by atoms with Gasteiger partial charge >= 0.3 is 5.97 Å². The second-order valence-electron chi connectivity index (χ2n) is 4.82. The Balaban J connectivity index is 2.14. The van der Waals surface area contributed by atoms with Crippen LogP contribution in [0.3, 0.4) is 0 Å². The molecule has 2 rings (SSSR count). The van der Waals surface area contributed by atoms with Crippen molar-refractivity contribution >= 4 is 33.5 Å². The zero-order chi connectivity index (χ0) is 16.8. The van der Waals surface area contributed by atoms with Crippen LogP contribution in [0.15, 0.2) is 46.9 Å². The van der Waals surface area contributed by atoms with Gasteiger partial charge in [-0.25, -0.2) is 4.79 Å². The monoisotopic (exact) mass is 377 g/mol. The Kier molecular flexibility index (Phi) is 5.76. The molecule has 1 amide bonds. The molecule has 0 aliphatic heterocycles. The van der Waals surface area contributed by atoms with Crippen molar-refractivity contribution in [1.29, 1.82) is 0 Å². The predicted octanol–water partition coefficient (Wildman–Crippen LogP) is 4.19. The number of carbonyl (C=O) groups is 2. The Labute approximate surface area is 142 Å². The topological polar surface area (TPSA) is 75.6 Å². The van der Waals surface area contributed by atoms with E-state index in [4.69, 9.17) is 4.74 Å². The van der Waals surface area contributed by atoms with E-state index in [1.165, 1.54) is 6.07 Å².